The van der Waals surface area contributed by atoms with E-state index in [1.807, 2.05) is 0 Å². The van der Waals surface area contributed by atoms with E-state index in [9.17, 15) is 8.42 Å². The number of halogens is 2. The number of pyridine rings is 1. The Kier molecular flexibility index (Phi) is 4.60. The minimum atomic E-state index is -3.57. The van der Waals surface area contributed by atoms with Crippen LogP contribution in [0.3, 0.4) is 0 Å². The number of rotatable bonds is 4. The molecule has 1 fully saturated rings. The summed E-state index contributed by atoms with van der Waals surface area (Å²) in [4.78, 5) is 3.87. The molecule has 18 heavy (non-hydrogen) atoms. The second-order valence-corrected chi connectivity index (χ2v) is 6.91. The predicted molar refractivity (Wildman–Crippen MR) is 71.1 cm³/mol. The fourth-order valence-corrected chi connectivity index (χ4v) is 3.28. The molecule has 1 aliphatic heterocycles. The van der Waals surface area contributed by atoms with Gasteiger partial charge in [0.2, 0.25) is 10.0 Å². The molecule has 0 spiro atoms. The third-order valence-corrected chi connectivity index (χ3v) is 5.13. The zero-order valence-corrected chi connectivity index (χ0v) is 12.6. The molecule has 2 heterocycles. The van der Waals surface area contributed by atoms with E-state index in [1.165, 1.54) is 12.3 Å². The van der Waals surface area contributed by atoms with Gasteiger partial charge in [-0.15, -0.1) is 0 Å². The number of ether oxygens (including phenoxy) is 1. The smallest absolute Gasteiger partial charge is 0.242 e. The summed E-state index contributed by atoms with van der Waals surface area (Å²) >= 11 is 8.86. The maximum atomic E-state index is 12.0. The van der Waals surface area contributed by atoms with Crippen molar-refractivity contribution in [2.45, 2.75) is 23.8 Å². The van der Waals surface area contributed by atoms with Gasteiger partial charge in [-0.05, 0) is 34.8 Å². The lowest BCUT2D eigenvalue weighted by atomic mass is 10.2. The molecule has 2 rings (SSSR count). The normalized spacial score (nSPS) is 20.2. The first-order valence-electron chi connectivity index (χ1n) is 5.41. The number of aromatic nitrogens is 1. The minimum Gasteiger partial charge on any atom is -0.377 e. The lowest BCUT2D eigenvalue weighted by molar-refractivity contribution is 0.114. The van der Waals surface area contributed by atoms with Crippen LogP contribution in [0, 0.1) is 0 Å². The van der Waals surface area contributed by atoms with Crippen LogP contribution in [-0.2, 0) is 14.8 Å². The van der Waals surface area contributed by atoms with Crippen molar-refractivity contribution < 1.29 is 13.2 Å². The van der Waals surface area contributed by atoms with Crippen LogP contribution in [0.1, 0.15) is 12.8 Å². The molecule has 0 saturated carbocycles. The molecule has 5 nitrogen and oxygen atoms in total. The third kappa shape index (κ3) is 3.42. The van der Waals surface area contributed by atoms with Gasteiger partial charge in [-0.3, -0.25) is 0 Å². The van der Waals surface area contributed by atoms with Gasteiger partial charge in [0.15, 0.2) is 0 Å². The highest BCUT2D eigenvalue weighted by Crippen LogP contribution is 2.22. The molecule has 1 N–H and O–H groups in total. The lowest BCUT2D eigenvalue weighted by Crippen LogP contribution is -2.31. The zero-order valence-electron chi connectivity index (χ0n) is 9.40. The first-order chi connectivity index (χ1) is 8.49. The number of nitrogens with one attached hydrogen (secondary N) is 1. The maximum Gasteiger partial charge on any atom is 0.242 e. The molecule has 0 aliphatic carbocycles. The van der Waals surface area contributed by atoms with Crippen molar-refractivity contribution in [2.75, 3.05) is 13.2 Å². The summed E-state index contributed by atoms with van der Waals surface area (Å²) < 4.78 is 32.3. The molecule has 1 aliphatic rings. The lowest BCUT2D eigenvalue weighted by Gasteiger charge is -2.11. The van der Waals surface area contributed by atoms with Crippen molar-refractivity contribution in [2.24, 2.45) is 0 Å². The molecule has 100 valence electrons. The summed E-state index contributed by atoms with van der Waals surface area (Å²) in [6.07, 6.45) is 3.04. The molecule has 0 radical (unpaired) electrons. The fourth-order valence-electron chi connectivity index (χ4n) is 1.64. The summed E-state index contributed by atoms with van der Waals surface area (Å²) in [5.74, 6) is 0. The second kappa shape index (κ2) is 5.83. The van der Waals surface area contributed by atoms with Gasteiger partial charge in [0.1, 0.15) is 10.0 Å². The number of hydrogen-bond donors (Lipinski definition) is 1. The Morgan fingerprint density at radius 2 is 2.39 bits per heavy atom. The quantitative estimate of drug-likeness (QED) is 0.838. The van der Waals surface area contributed by atoms with Crippen LogP contribution < -0.4 is 4.72 Å². The Morgan fingerprint density at radius 3 is 3.00 bits per heavy atom. The van der Waals surface area contributed by atoms with Crippen LogP contribution >= 0.6 is 27.5 Å². The molecule has 0 bridgehead atoms. The largest absolute Gasteiger partial charge is 0.377 e. The van der Waals surface area contributed by atoms with Crippen molar-refractivity contribution >= 4 is 37.6 Å². The summed E-state index contributed by atoms with van der Waals surface area (Å²) in [5, 5.41) is 0.230. The predicted octanol–water partition coefficient (Wildman–Crippen LogP) is 1.95. The molecule has 0 unspecified atom stereocenters. The highest BCUT2D eigenvalue weighted by molar-refractivity contribution is 9.10. The molecule has 1 atom stereocenters. The Bertz CT molecular complexity index is 532. The molecule has 1 aromatic heterocycles. The average molecular weight is 356 g/mol. The van der Waals surface area contributed by atoms with Crippen molar-refractivity contribution in [3.8, 4) is 0 Å². The van der Waals surface area contributed by atoms with E-state index in [2.05, 4.69) is 25.6 Å². The van der Waals surface area contributed by atoms with Crippen LogP contribution in [0.15, 0.2) is 21.6 Å². The SMILES string of the molecule is O=S(=O)(NC[C@@H]1CCCO1)c1cnc(Cl)c(Br)c1. The number of hydrogen-bond acceptors (Lipinski definition) is 4. The minimum absolute atomic E-state index is 0.0384. The zero-order chi connectivity index (χ0) is 13.2. The van der Waals surface area contributed by atoms with Crippen LogP contribution in [-0.4, -0.2) is 32.7 Å². The molecular formula is C10H12BrClN2O3S. The molecular weight excluding hydrogens is 344 g/mol. The van der Waals surface area contributed by atoms with Gasteiger partial charge in [0.05, 0.1) is 10.6 Å². The van der Waals surface area contributed by atoms with E-state index in [4.69, 9.17) is 16.3 Å². The first kappa shape index (κ1) is 14.2. The van der Waals surface area contributed by atoms with Crippen LogP contribution in [0.2, 0.25) is 5.15 Å². The van der Waals surface area contributed by atoms with Crippen molar-refractivity contribution in [3.05, 3.63) is 21.9 Å². The fraction of sp³-hybridized carbons (Fsp3) is 0.500. The van der Waals surface area contributed by atoms with E-state index in [0.29, 0.717) is 11.1 Å². The van der Waals surface area contributed by atoms with E-state index in [-0.39, 0.29) is 22.7 Å². The number of nitrogens with zero attached hydrogens (tertiary/aromatic N) is 1. The second-order valence-electron chi connectivity index (χ2n) is 3.93. The first-order valence-corrected chi connectivity index (χ1v) is 8.07. The van der Waals surface area contributed by atoms with Crippen molar-refractivity contribution in [1.29, 1.82) is 0 Å². The van der Waals surface area contributed by atoms with Gasteiger partial charge in [-0.1, -0.05) is 11.6 Å². The van der Waals surface area contributed by atoms with Gasteiger partial charge < -0.3 is 4.74 Å². The third-order valence-electron chi connectivity index (χ3n) is 2.61. The van der Waals surface area contributed by atoms with E-state index < -0.39 is 10.0 Å². The highest BCUT2D eigenvalue weighted by Gasteiger charge is 2.21. The van der Waals surface area contributed by atoms with Crippen molar-refractivity contribution in [1.82, 2.24) is 9.71 Å². The molecule has 8 heteroatoms. The van der Waals surface area contributed by atoms with Crippen molar-refractivity contribution in [3.63, 3.8) is 0 Å². The molecule has 1 saturated heterocycles. The molecule has 0 amide bonds. The summed E-state index contributed by atoms with van der Waals surface area (Å²) in [7, 11) is -3.57. The Balaban J connectivity index is 2.07. The summed E-state index contributed by atoms with van der Waals surface area (Å²) in [5.41, 5.74) is 0. The Labute approximate surface area is 119 Å². The average Bonchev–Trinajstić information content (AvgIpc) is 2.83. The van der Waals surface area contributed by atoms with Crippen LogP contribution in [0.25, 0.3) is 0 Å². The monoisotopic (exact) mass is 354 g/mol. The van der Waals surface area contributed by atoms with Gasteiger partial charge >= 0.3 is 0 Å². The van der Waals surface area contributed by atoms with Gasteiger partial charge in [0.25, 0.3) is 0 Å². The standard InChI is InChI=1S/C10H12BrClN2O3S/c11-9-4-8(6-13-10(9)12)18(15,16)14-5-7-2-1-3-17-7/h4,6-7,14H,1-3,5H2/t7-/m0/s1. The molecule has 1 aromatic rings. The number of sulfonamides is 1. The summed E-state index contributed by atoms with van der Waals surface area (Å²) in [6.45, 7) is 0.975. The Morgan fingerprint density at radius 1 is 1.61 bits per heavy atom. The van der Waals surface area contributed by atoms with Gasteiger partial charge in [-0.2, -0.15) is 0 Å². The Hall–Kier alpha value is -0.210. The maximum absolute atomic E-state index is 12.0. The van der Waals surface area contributed by atoms with E-state index in [1.54, 1.807) is 0 Å². The van der Waals surface area contributed by atoms with Gasteiger partial charge in [0, 0.05) is 19.3 Å². The van der Waals surface area contributed by atoms with E-state index >= 15 is 0 Å². The van der Waals surface area contributed by atoms with Crippen LogP contribution in [0.4, 0.5) is 0 Å². The topological polar surface area (TPSA) is 68.3 Å². The molecule has 0 aromatic carbocycles. The van der Waals surface area contributed by atoms with Gasteiger partial charge in [-0.25, -0.2) is 18.1 Å². The summed E-state index contributed by atoms with van der Waals surface area (Å²) in [6, 6.07) is 1.42. The highest BCUT2D eigenvalue weighted by atomic mass is 79.9. The van der Waals surface area contributed by atoms with Crippen LogP contribution in [0.5, 0.6) is 0 Å². The van der Waals surface area contributed by atoms with E-state index in [0.717, 1.165) is 12.8 Å².